The van der Waals surface area contributed by atoms with Crippen LogP contribution in [0.4, 0.5) is 0 Å². The van der Waals surface area contributed by atoms with Gasteiger partial charge in [0, 0.05) is 12.4 Å². The Kier molecular flexibility index (Phi) is 17.8. The van der Waals surface area contributed by atoms with Crippen LogP contribution in [0, 0.1) is 0 Å². The van der Waals surface area contributed by atoms with Gasteiger partial charge in [-0.25, -0.2) is 0 Å². The smallest absolute Gasteiger partial charge is 0.104 e. The molecule has 0 radical (unpaired) electrons. The van der Waals surface area contributed by atoms with Gasteiger partial charge in [0.05, 0.1) is 11.4 Å². The fourth-order valence-corrected chi connectivity index (χ4v) is 5.05. The molecule has 2 unspecified atom stereocenters. The van der Waals surface area contributed by atoms with Gasteiger partial charge in [-0.1, -0.05) is 100 Å². The first-order valence-electron chi connectivity index (χ1n) is 17.1. The minimum atomic E-state index is -0.133. The van der Waals surface area contributed by atoms with E-state index in [1.807, 2.05) is 12.4 Å². The molecule has 43 heavy (non-hydrogen) atoms. The van der Waals surface area contributed by atoms with Crippen molar-refractivity contribution in [3.8, 4) is 0 Å². The molecule has 2 heterocycles. The van der Waals surface area contributed by atoms with E-state index in [4.69, 9.17) is 14.7 Å². The Morgan fingerprint density at radius 2 is 1.02 bits per heavy atom. The minimum Gasteiger partial charge on any atom is -0.362 e. The monoisotopic (exact) mass is 584 g/mol. The number of aryl methyl sites for hydroxylation is 2. The molecule has 2 rings (SSSR count). The summed E-state index contributed by atoms with van der Waals surface area (Å²) in [5.41, 5.74) is 10.4. The first-order chi connectivity index (χ1) is 20.9. The van der Waals surface area contributed by atoms with Crippen molar-refractivity contribution < 1.29 is 4.74 Å². The van der Waals surface area contributed by atoms with E-state index in [1.165, 1.54) is 33.4 Å². The molecule has 0 fully saturated rings. The van der Waals surface area contributed by atoms with E-state index in [-0.39, 0.29) is 12.2 Å². The molecule has 0 N–H and O–H groups in total. The summed E-state index contributed by atoms with van der Waals surface area (Å²) in [4.78, 5) is 9.79. The third-order valence-electron chi connectivity index (χ3n) is 8.68. The Labute approximate surface area is 264 Å². The molecule has 0 aliphatic heterocycles. The third kappa shape index (κ3) is 13.6. The molecule has 0 aliphatic rings. The molecule has 236 valence electrons. The van der Waals surface area contributed by atoms with Crippen molar-refractivity contribution in [1.29, 1.82) is 0 Å². The highest BCUT2D eigenvalue weighted by molar-refractivity contribution is 5.20. The molecule has 0 saturated heterocycles. The largest absolute Gasteiger partial charge is 0.362 e. The van der Waals surface area contributed by atoms with Crippen molar-refractivity contribution in [2.75, 3.05) is 0 Å². The van der Waals surface area contributed by atoms with E-state index in [2.05, 4.69) is 104 Å². The third-order valence-corrected chi connectivity index (χ3v) is 8.68. The highest BCUT2D eigenvalue weighted by atomic mass is 16.5. The molecule has 0 amide bonds. The summed E-state index contributed by atoms with van der Waals surface area (Å²) in [6.45, 7) is 17.8. The second kappa shape index (κ2) is 21.0. The number of ether oxygens (including phenoxy) is 1. The molecular weight excluding hydrogens is 524 g/mol. The second-order valence-electron chi connectivity index (χ2n) is 11.8. The van der Waals surface area contributed by atoms with Crippen LogP contribution in [-0.4, -0.2) is 9.97 Å². The first kappa shape index (κ1) is 36.4. The van der Waals surface area contributed by atoms with Gasteiger partial charge in [0.1, 0.15) is 12.2 Å². The fraction of sp³-hybridized carbons (Fsp3) is 0.550. The highest BCUT2D eigenvalue weighted by Gasteiger charge is 2.21. The molecule has 3 nitrogen and oxygen atoms in total. The van der Waals surface area contributed by atoms with Crippen LogP contribution in [0.2, 0.25) is 0 Å². The normalized spacial score (nSPS) is 14.7. The molecule has 0 aliphatic carbocycles. The Morgan fingerprint density at radius 1 is 0.605 bits per heavy atom. The summed E-state index contributed by atoms with van der Waals surface area (Å²) in [6.07, 6.45) is 25.7. The quantitative estimate of drug-likeness (QED) is 0.145. The fourth-order valence-electron chi connectivity index (χ4n) is 5.05. The summed E-state index contributed by atoms with van der Waals surface area (Å²) in [6, 6.07) is 8.73. The number of pyridine rings is 2. The van der Waals surface area contributed by atoms with Crippen LogP contribution < -0.4 is 0 Å². The van der Waals surface area contributed by atoms with Crippen LogP contribution in [0.1, 0.15) is 154 Å². The average molecular weight is 585 g/mol. The molecule has 0 bridgehead atoms. The standard InChI is InChI=1S/C40H60N2O/c1-9-31(7)17-15-19-33(11-3)23-27-39(37-25-21-35(13-5)29-41-37)43-40(38-26-22-36(14-6)30-42-38)28-24-34(12-4)20-16-18-32(8)10-2/h17-18,21-26,29-30,39-40H,9-16,19-20,27-28H2,1-8H3. The van der Waals surface area contributed by atoms with Crippen molar-refractivity contribution in [3.05, 3.63) is 106 Å². The van der Waals surface area contributed by atoms with E-state index in [0.717, 1.165) is 88.4 Å². The highest BCUT2D eigenvalue weighted by Crippen LogP contribution is 2.32. The molecule has 2 atom stereocenters. The van der Waals surface area contributed by atoms with Gasteiger partial charge < -0.3 is 4.74 Å². The zero-order valence-electron chi connectivity index (χ0n) is 28.7. The van der Waals surface area contributed by atoms with Crippen LogP contribution in [0.25, 0.3) is 0 Å². The molecule has 0 spiro atoms. The Bertz CT molecular complexity index is 1070. The van der Waals surface area contributed by atoms with Gasteiger partial charge in [-0.15, -0.1) is 0 Å². The molecular formula is C40H60N2O. The van der Waals surface area contributed by atoms with E-state index in [9.17, 15) is 0 Å². The molecule has 0 saturated carbocycles. The topological polar surface area (TPSA) is 35.0 Å². The van der Waals surface area contributed by atoms with E-state index >= 15 is 0 Å². The van der Waals surface area contributed by atoms with Gasteiger partial charge in [-0.3, -0.25) is 9.97 Å². The molecule has 2 aromatic rings. The first-order valence-corrected chi connectivity index (χ1v) is 17.1. The average Bonchev–Trinajstić information content (AvgIpc) is 3.05. The Hall–Kier alpha value is -2.78. The number of allylic oxidation sites excluding steroid dienone is 6. The van der Waals surface area contributed by atoms with Crippen LogP contribution in [0.5, 0.6) is 0 Å². The predicted molar refractivity (Wildman–Crippen MR) is 186 cm³/mol. The van der Waals surface area contributed by atoms with Crippen LogP contribution in [0.3, 0.4) is 0 Å². The van der Waals surface area contributed by atoms with Crippen molar-refractivity contribution in [2.45, 2.75) is 145 Å². The summed E-state index contributed by atoms with van der Waals surface area (Å²) in [5, 5.41) is 0. The van der Waals surface area contributed by atoms with Crippen molar-refractivity contribution >= 4 is 0 Å². The Balaban J connectivity index is 2.38. The van der Waals surface area contributed by atoms with Crippen LogP contribution in [0.15, 0.2) is 83.3 Å². The zero-order chi connectivity index (χ0) is 31.5. The van der Waals surface area contributed by atoms with E-state index in [0.29, 0.717) is 0 Å². The van der Waals surface area contributed by atoms with Gasteiger partial charge in [-0.05, 0) is 114 Å². The number of nitrogens with zero attached hydrogens (tertiary/aromatic N) is 2. The van der Waals surface area contributed by atoms with Gasteiger partial charge in [0.25, 0.3) is 0 Å². The summed E-state index contributed by atoms with van der Waals surface area (Å²) >= 11 is 0. The lowest BCUT2D eigenvalue weighted by Gasteiger charge is -2.24. The summed E-state index contributed by atoms with van der Waals surface area (Å²) in [5.74, 6) is 0. The molecule has 2 aromatic heterocycles. The number of hydrogen-bond acceptors (Lipinski definition) is 3. The van der Waals surface area contributed by atoms with Crippen LogP contribution in [-0.2, 0) is 17.6 Å². The van der Waals surface area contributed by atoms with Crippen molar-refractivity contribution in [2.24, 2.45) is 0 Å². The van der Waals surface area contributed by atoms with Crippen molar-refractivity contribution in [3.63, 3.8) is 0 Å². The van der Waals surface area contributed by atoms with Crippen molar-refractivity contribution in [1.82, 2.24) is 9.97 Å². The summed E-state index contributed by atoms with van der Waals surface area (Å²) in [7, 11) is 0. The Morgan fingerprint density at radius 3 is 1.33 bits per heavy atom. The molecule has 3 heteroatoms. The predicted octanol–water partition coefficient (Wildman–Crippen LogP) is 12.1. The number of aromatic nitrogens is 2. The maximum Gasteiger partial charge on any atom is 0.104 e. The second-order valence-corrected chi connectivity index (χ2v) is 11.8. The maximum atomic E-state index is 7.04. The van der Waals surface area contributed by atoms with Gasteiger partial charge in [0.15, 0.2) is 0 Å². The van der Waals surface area contributed by atoms with Gasteiger partial charge in [-0.2, -0.15) is 0 Å². The minimum absolute atomic E-state index is 0.133. The number of rotatable bonds is 20. The SMILES string of the molecule is CCC(C)=CCCC(=CCC(OC(CC=C(CC)CCC=C(C)CC)c1ccc(CC)cn1)c1ccc(CC)cn1)CC. The van der Waals surface area contributed by atoms with Gasteiger partial charge >= 0.3 is 0 Å². The zero-order valence-corrected chi connectivity index (χ0v) is 28.7. The lowest BCUT2D eigenvalue weighted by Crippen LogP contribution is -2.13. The maximum absolute atomic E-state index is 7.04. The summed E-state index contributed by atoms with van der Waals surface area (Å²) < 4.78 is 7.04. The van der Waals surface area contributed by atoms with Gasteiger partial charge in [0.2, 0.25) is 0 Å². The lowest BCUT2D eigenvalue weighted by atomic mass is 10.0. The molecule has 0 aromatic carbocycles. The van der Waals surface area contributed by atoms with E-state index in [1.54, 1.807) is 0 Å². The number of hydrogen-bond donors (Lipinski definition) is 0. The van der Waals surface area contributed by atoms with E-state index < -0.39 is 0 Å². The van der Waals surface area contributed by atoms with Crippen LogP contribution >= 0.6 is 0 Å². The lowest BCUT2D eigenvalue weighted by molar-refractivity contribution is -0.0167.